The van der Waals surface area contributed by atoms with Crippen molar-refractivity contribution in [3.8, 4) is 0 Å². The van der Waals surface area contributed by atoms with Crippen LogP contribution in [0.5, 0.6) is 0 Å². The first-order chi connectivity index (χ1) is 10.0. The number of anilines is 1. The third kappa shape index (κ3) is 2.09. The lowest BCUT2D eigenvalue weighted by atomic mass is 9.81. The van der Waals surface area contributed by atoms with E-state index in [4.69, 9.17) is 0 Å². The number of rotatable bonds is 2. The van der Waals surface area contributed by atoms with Gasteiger partial charge in [0.15, 0.2) is 0 Å². The van der Waals surface area contributed by atoms with Crippen LogP contribution in [-0.4, -0.2) is 16.7 Å². The van der Waals surface area contributed by atoms with Gasteiger partial charge in [-0.2, -0.15) is 4.39 Å². The van der Waals surface area contributed by atoms with Crippen molar-refractivity contribution in [1.82, 2.24) is 0 Å². The van der Waals surface area contributed by atoms with Gasteiger partial charge in [0.05, 0.1) is 22.4 Å². The Morgan fingerprint density at radius 2 is 1.71 bits per heavy atom. The molecule has 0 radical (unpaired) electrons. The number of benzene rings is 1. The molecular formula is C14H13FN2O4. The summed E-state index contributed by atoms with van der Waals surface area (Å²) >= 11 is 0. The van der Waals surface area contributed by atoms with Crippen molar-refractivity contribution < 1.29 is 18.9 Å². The maximum atomic E-state index is 13.4. The van der Waals surface area contributed by atoms with Crippen LogP contribution in [-0.2, 0) is 9.59 Å². The predicted octanol–water partition coefficient (Wildman–Crippen LogP) is 2.41. The molecule has 6 nitrogen and oxygen atoms in total. The number of carbonyl (C=O) groups is 2. The molecule has 2 fully saturated rings. The highest BCUT2D eigenvalue weighted by Crippen LogP contribution is 2.40. The largest absolute Gasteiger partial charge is 0.306 e. The summed E-state index contributed by atoms with van der Waals surface area (Å²) in [5.74, 6) is -2.32. The molecule has 1 heterocycles. The summed E-state index contributed by atoms with van der Waals surface area (Å²) in [6.07, 6.45) is 3.12. The molecule has 0 aromatic heterocycles. The molecular weight excluding hydrogens is 279 g/mol. The average Bonchev–Trinajstić information content (AvgIpc) is 2.72. The van der Waals surface area contributed by atoms with Gasteiger partial charge in [-0.05, 0) is 25.0 Å². The number of nitro benzene ring substituents is 1. The zero-order valence-electron chi connectivity index (χ0n) is 11.1. The van der Waals surface area contributed by atoms with Crippen molar-refractivity contribution in [2.75, 3.05) is 4.90 Å². The molecule has 1 aromatic carbocycles. The van der Waals surface area contributed by atoms with Crippen LogP contribution in [0.1, 0.15) is 25.7 Å². The lowest BCUT2D eigenvalue weighted by Gasteiger charge is -2.19. The maximum Gasteiger partial charge on any atom is 0.306 e. The van der Waals surface area contributed by atoms with Gasteiger partial charge in [-0.15, -0.1) is 0 Å². The second-order valence-corrected chi connectivity index (χ2v) is 5.40. The monoisotopic (exact) mass is 292 g/mol. The highest BCUT2D eigenvalue weighted by Gasteiger charge is 2.48. The molecule has 1 aromatic rings. The van der Waals surface area contributed by atoms with Crippen molar-refractivity contribution in [3.05, 3.63) is 34.1 Å². The van der Waals surface area contributed by atoms with Crippen LogP contribution < -0.4 is 4.90 Å². The lowest BCUT2D eigenvalue weighted by molar-refractivity contribution is -0.387. The van der Waals surface area contributed by atoms with E-state index in [1.807, 2.05) is 0 Å². The van der Waals surface area contributed by atoms with Gasteiger partial charge in [-0.3, -0.25) is 19.7 Å². The minimum absolute atomic E-state index is 0.0764. The molecule has 0 unspecified atom stereocenters. The fraction of sp³-hybridized carbons (Fsp3) is 0.429. The number of halogens is 1. The Morgan fingerprint density at radius 3 is 2.24 bits per heavy atom. The summed E-state index contributed by atoms with van der Waals surface area (Å²) in [4.78, 5) is 35.6. The first-order valence-electron chi connectivity index (χ1n) is 6.82. The van der Waals surface area contributed by atoms with Crippen molar-refractivity contribution in [2.45, 2.75) is 25.7 Å². The van der Waals surface area contributed by atoms with Crippen LogP contribution in [0.25, 0.3) is 0 Å². The summed E-state index contributed by atoms with van der Waals surface area (Å²) < 4.78 is 13.4. The Balaban J connectivity index is 2.00. The van der Waals surface area contributed by atoms with E-state index in [2.05, 4.69) is 0 Å². The molecule has 2 atom stereocenters. The van der Waals surface area contributed by atoms with Gasteiger partial charge < -0.3 is 0 Å². The summed E-state index contributed by atoms with van der Waals surface area (Å²) in [6, 6.07) is 3.09. The van der Waals surface area contributed by atoms with E-state index >= 15 is 0 Å². The number of hydrogen-bond donors (Lipinski definition) is 0. The van der Waals surface area contributed by atoms with Gasteiger partial charge in [0.25, 0.3) is 0 Å². The fourth-order valence-electron chi connectivity index (χ4n) is 3.20. The van der Waals surface area contributed by atoms with E-state index in [1.165, 1.54) is 6.07 Å². The second kappa shape index (κ2) is 4.91. The summed E-state index contributed by atoms with van der Waals surface area (Å²) in [7, 11) is 0. The zero-order valence-corrected chi connectivity index (χ0v) is 11.1. The Labute approximate surface area is 119 Å². The first-order valence-corrected chi connectivity index (χ1v) is 6.82. The number of nitrogens with zero attached hydrogens (tertiary/aromatic N) is 2. The molecule has 1 aliphatic heterocycles. The quantitative estimate of drug-likeness (QED) is 0.476. The van der Waals surface area contributed by atoms with Crippen LogP contribution >= 0.6 is 0 Å². The number of nitro groups is 1. The molecule has 2 aliphatic rings. The first kappa shape index (κ1) is 13.7. The van der Waals surface area contributed by atoms with E-state index in [0.29, 0.717) is 12.8 Å². The molecule has 1 saturated heterocycles. The van der Waals surface area contributed by atoms with Crippen molar-refractivity contribution >= 4 is 23.2 Å². The zero-order chi connectivity index (χ0) is 15.1. The van der Waals surface area contributed by atoms with E-state index in [0.717, 1.165) is 29.9 Å². The van der Waals surface area contributed by atoms with Gasteiger partial charge in [0, 0.05) is 6.07 Å². The molecule has 1 saturated carbocycles. The summed E-state index contributed by atoms with van der Waals surface area (Å²) in [6.45, 7) is 0. The molecule has 0 bridgehead atoms. The SMILES string of the molecule is O=C1[C@H]2CCCC[C@H]2C(=O)N1c1ccc(F)c([N+](=O)[O-])c1. The minimum Gasteiger partial charge on any atom is -0.274 e. The number of fused-ring (bicyclic) bond motifs is 1. The van der Waals surface area contributed by atoms with Crippen LogP contribution in [0.2, 0.25) is 0 Å². The molecule has 1 aliphatic carbocycles. The van der Waals surface area contributed by atoms with Crippen molar-refractivity contribution in [2.24, 2.45) is 11.8 Å². The smallest absolute Gasteiger partial charge is 0.274 e. The topological polar surface area (TPSA) is 80.5 Å². The molecule has 110 valence electrons. The Bertz CT molecular complexity index is 622. The summed E-state index contributed by atoms with van der Waals surface area (Å²) in [5.41, 5.74) is -0.657. The molecule has 2 amide bonds. The van der Waals surface area contributed by atoms with Gasteiger partial charge in [-0.25, -0.2) is 4.90 Å². The lowest BCUT2D eigenvalue weighted by Crippen LogP contribution is -2.30. The van der Waals surface area contributed by atoms with Gasteiger partial charge in [-0.1, -0.05) is 12.8 Å². The number of imide groups is 1. The molecule has 0 spiro atoms. The Hall–Kier alpha value is -2.31. The van der Waals surface area contributed by atoms with Crippen molar-refractivity contribution in [3.63, 3.8) is 0 Å². The van der Waals surface area contributed by atoms with Gasteiger partial charge in [0.1, 0.15) is 0 Å². The van der Waals surface area contributed by atoms with Gasteiger partial charge >= 0.3 is 5.69 Å². The van der Waals surface area contributed by atoms with Crippen LogP contribution in [0.3, 0.4) is 0 Å². The van der Waals surface area contributed by atoms with Gasteiger partial charge in [0.2, 0.25) is 17.6 Å². The number of amides is 2. The predicted molar refractivity (Wildman–Crippen MR) is 71.0 cm³/mol. The number of carbonyl (C=O) groups excluding carboxylic acids is 2. The molecule has 0 N–H and O–H groups in total. The van der Waals surface area contributed by atoms with E-state index in [1.54, 1.807) is 0 Å². The van der Waals surface area contributed by atoms with Crippen LogP contribution in [0.4, 0.5) is 15.8 Å². The third-order valence-electron chi connectivity index (χ3n) is 4.23. The Kier molecular flexibility index (Phi) is 3.19. The summed E-state index contributed by atoms with van der Waals surface area (Å²) in [5, 5.41) is 10.8. The molecule has 7 heteroatoms. The normalized spacial score (nSPS) is 25.1. The van der Waals surface area contributed by atoms with Crippen LogP contribution in [0, 0.1) is 27.8 Å². The van der Waals surface area contributed by atoms with E-state index in [-0.39, 0.29) is 29.3 Å². The average molecular weight is 292 g/mol. The van der Waals surface area contributed by atoms with E-state index in [9.17, 15) is 24.1 Å². The second-order valence-electron chi connectivity index (χ2n) is 5.40. The molecule has 3 rings (SSSR count). The van der Waals surface area contributed by atoms with E-state index < -0.39 is 16.4 Å². The van der Waals surface area contributed by atoms with Crippen molar-refractivity contribution in [1.29, 1.82) is 0 Å². The minimum atomic E-state index is -0.986. The Morgan fingerprint density at radius 1 is 1.14 bits per heavy atom. The third-order valence-corrected chi connectivity index (χ3v) is 4.23. The highest BCUT2D eigenvalue weighted by molar-refractivity contribution is 6.22. The highest BCUT2D eigenvalue weighted by atomic mass is 19.1. The van der Waals surface area contributed by atoms with Crippen LogP contribution in [0.15, 0.2) is 18.2 Å². The maximum absolute atomic E-state index is 13.4. The molecule has 21 heavy (non-hydrogen) atoms. The number of hydrogen-bond acceptors (Lipinski definition) is 4. The standard InChI is InChI=1S/C14H13FN2O4/c15-11-6-5-8(7-12(11)17(20)21)16-13(18)9-3-1-2-4-10(9)14(16)19/h5-7,9-10H,1-4H2/t9-,10+. The fourth-order valence-corrected chi connectivity index (χ4v) is 3.20.